The number of carboxylic acid groups (broad SMARTS) is 2. The molecule has 0 saturated heterocycles. The van der Waals surface area contributed by atoms with Gasteiger partial charge in [-0.15, -0.1) is 0 Å². The Hall–Kier alpha value is -1.98. The average molecular weight is 399 g/mol. The SMILES string of the molecule is C=COCCCCCC(CCCCCOC=C)(CCCCCC(=O)O)C(=O)O. The van der Waals surface area contributed by atoms with Crippen molar-refractivity contribution in [3.63, 3.8) is 0 Å². The van der Waals surface area contributed by atoms with Crippen molar-refractivity contribution in [3.8, 4) is 0 Å². The minimum absolute atomic E-state index is 0.146. The van der Waals surface area contributed by atoms with Crippen LogP contribution in [0.2, 0.25) is 0 Å². The Morgan fingerprint density at radius 1 is 0.714 bits per heavy atom. The molecule has 6 nitrogen and oxygen atoms in total. The topological polar surface area (TPSA) is 93.1 Å². The molecule has 0 aliphatic heterocycles. The molecular weight excluding hydrogens is 360 g/mol. The van der Waals surface area contributed by atoms with Gasteiger partial charge >= 0.3 is 11.9 Å². The highest BCUT2D eigenvalue weighted by Gasteiger charge is 2.36. The van der Waals surface area contributed by atoms with Gasteiger partial charge in [0.05, 0.1) is 31.2 Å². The zero-order valence-corrected chi connectivity index (χ0v) is 17.2. The van der Waals surface area contributed by atoms with Gasteiger partial charge in [0.15, 0.2) is 0 Å². The second kappa shape index (κ2) is 17.1. The highest BCUT2D eigenvalue weighted by Crippen LogP contribution is 2.37. The van der Waals surface area contributed by atoms with Crippen LogP contribution in [0.25, 0.3) is 0 Å². The van der Waals surface area contributed by atoms with Crippen LogP contribution in [0, 0.1) is 5.41 Å². The van der Waals surface area contributed by atoms with E-state index in [-0.39, 0.29) is 6.42 Å². The molecule has 6 heteroatoms. The molecule has 0 bridgehead atoms. The summed E-state index contributed by atoms with van der Waals surface area (Å²) in [5.41, 5.74) is -0.720. The normalized spacial score (nSPS) is 11.0. The number of rotatable bonds is 21. The standard InChI is InChI=1S/C22H38O6/c1-3-27-18-12-6-10-16-22(21(25)26,15-9-5-8-14-20(23)24)17-11-7-13-19-28-4-2/h3-4H,1-2,5-19H2,(H,23,24)(H,25,26). The Balaban J connectivity index is 4.56. The van der Waals surface area contributed by atoms with Gasteiger partial charge in [0.1, 0.15) is 0 Å². The molecular formula is C22H38O6. The van der Waals surface area contributed by atoms with Gasteiger partial charge in [0, 0.05) is 6.42 Å². The summed E-state index contributed by atoms with van der Waals surface area (Å²) in [6.45, 7) is 8.25. The molecule has 0 amide bonds. The molecule has 0 aromatic rings. The van der Waals surface area contributed by atoms with Crippen LogP contribution < -0.4 is 0 Å². The summed E-state index contributed by atoms with van der Waals surface area (Å²) in [5, 5.41) is 18.7. The minimum Gasteiger partial charge on any atom is -0.502 e. The van der Waals surface area contributed by atoms with Crippen molar-refractivity contribution in [2.24, 2.45) is 5.41 Å². The lowest BCUT2D eigenvalue weighted by Crippen LogP contribution is -2.31. The van der Waals surface area contributed by atoms with E-state index in [9.17, 15) is 14.7 Å². The minimum atomic E-state index is -0.798. The molecule has 0 spiro atoms. The fourth-order valence-electron chi connectivity index (χ4n) is 3.43. The van der Waals surface area contributed by atoms with Gasteiger partial charge in [0.2, 0.25) is 0 Å². The molecule has 0 aromatic carbocycles. The number of hydrogen-bond acceptors (Lipinski definition) is 4. The van der Waals surface area contributed by atoms with Crippen molar-refractivity contribution >= 4 is 11.9 Å². The van der Waals surface area contributed by atoms with E-state index in [4.69, 9.17) is 14.6 Å². The zero-order chi connectivity index (χ0) is 21.1. The van der Waals surface area contributed by atoms with Gasteiger partial charge in [-0.25, -0.2) is 0 Å². The molecule has 28 heavy (non-hydrogen) atoms. The van der Waals surface area contributed by atoms with E-state index in [1.165, 1.54) is 12.5 Å². The van der Waals surface area contributed by atoms with E-state index in [0.717, 1.165) is 51.4 Å². The van der Waals surface area contributed by atoms with Crippen LogP contribution in [0.5, 0.6) is 0 Å². The quantitative estimate of drug-likeness (QED) is 0.195. The van der Waals surface area contributed by atoms with Gasteiger partial charge in [-0.3, -0.25) is 9.59 Å². The third kappa shape index (κ3) is 13.2. The van der Waals surface area contributed by atoms with E-state index in [1.54, 1.807) is 0 Å². The van der Waals surface area contributed by atoms with Crippen LogP contribution in [-0.2, 0) is 19.1 Å². The maximum Gasteiger partial charge on any atom is 0.309 e. The second-order valence-corrected chi connectivity index (χ2v) is 7.24. The third-order valence-electron chi connectivity index (χ3n) is 5.07. The van der Waals surface area contributed by atoms with Gasteiger partial charge in [-0.05, 0) is 38.5 Å². The fraction of sp³-hybridized carbons (Fsp3) is 0.727. The molecule has 0 unspecified atom stereocenters. The molecule has 0 heterocycles. The predicted octanol–water partition coefficient (Wildman–Crippen LogP) is 5.53. The number of aliphatic carboxylic acids is 2. The number of hydrogen-bond donors (Lipinski definition) is 2. The summed E-state index contributed by atoms with van der Waals surface area (Å²) >= 11 is 0. The third-order valence-corrected chi connectivity index (χ3v) is 5.07. The first-order valence-corrected chi connectivity index (χ1v) is 10.4. The van der Waals surface area contributed by atoms with Crippen molar-refractivity contribution in [2.75, 3.05) is 13.2 Å². The van der Waals surface area contributed by atoms with Crippen LogP contribution in [0.4, 0.5) is 0 Å². The monoisotopic (exact) mass is 398 g/mol. The lowest BCUT2D eigenvalue weighted by Gasteiger charge is -2.30. The van der Waals surface area contributed by atoms with Crippen LogP contribution in [-0.4, -0.2) is 35.4 Å². The number of carbonyl (C=O) groups is 2. The van der Waals surface area contributed by atoms with E-state index in [2.05, 4.69) is 13.2 Å². The van der Waals surface area contributed by atoms with Gasteiger partial charge < -0.3 is 19.7 Å². The first-order chi connectivity index (χ1) is 13.5. The maximum absolute atomic E-state index is 12.2. The fourth-order valence-corrected chi connectivity index (χ4v) is 3.43. The summed E-state index contributed by atoms with van der Waals surface area (Å²) in [7, 11) is 0. The lowest BCUT2D eigenvalue weighted by atomic mass is 9.74. The van der Waals surface area contributed by atoms with Crippen molar-refractivity contribution < 1.29 is 29.3 Å². The Morgan fingerprint density at radius 2 is 1.14 bits per heavy atom. The lowest BCUT2D eigenvalue weighted by molar-refractivity contribution is -0.151. The van der Waals surface area contributed by atoms with Crippen molar-refractivity contribution in [1.82, 2.24) is 0 Å². The van der Waals surface area contributed by atoms with Crippen LogP contribution in [0.15, 0.2) is 25.7 Å². The van der Waals surface area contributed by atoms with Gasteiger partial charge in [-0.1, -0.05) is 51.7 Å². The van der Waals surface area contributed by atoms with Crippen molar-refractivity contribution in [1.29, 1.82) is 0 Å². The molecule has 0 aromatic heterocycles. The number of carboxylic acids is 2. The molecule has 0 aliphatic carbocycles. The molecule has 0 atom stereocenters. The predicted molar refractivity (Wildman–Crippen MR) is 110 cm³/mol. The Labute approximate surface area is 169 Å². The average Bonchev–Trinajstić information content (AvgIpc) is 2.65. The first-order valence-electron chi connectivity index (χ1n) is 10.4. The summed E-state index contributed by atoms with van der Waals surface area (Å²) < 4.78 is 10.2. The molecule has 2 N–H and O–H groups in total. The zero-order valence-electron chi connectivity index (χ0n) is 17.2. The molecule has 0 radical (unpaired) electrons. The van der Waals surface area contributed by atoms with E-state index in [1.807, 2.05) is 0 Å². The van der Waals surface area contributed by atoms with Crippen molar-refractivity contribution in [2.45, 2.75) is 83.5 Å². The highest BCUT2D eigenvalue weighted by atomic mass is 16.5. The molecule has 162 valence electrons. The number of ether oxygens (including phenoxy) is 2. The summed E-state index contributed by atoms with van der Waals surface area (Å²) in [6.07, 6.45) is 12.3. The summed E-state index contributed by atoms with van der Waals surface area (Å²) in [6, 6.07) is 0. The van der Waals surface area contributed by atoms with Crippen LogP contribution >= 0.6 is 0 Å². The number of unbranched alkanes of at least 4 members (excludes halogenated alkanes) is 6. The van der Waals surface area contributed by atoms with Crippen LogP contribution in [0.1, 0.15) is 83.5 Å². The molecule has 0 saturated carbocycles. The molecule has 0 rings (SSSR count). The van der Waals surface area contributed by atoms with Gasteiger partial charge in [0.25, 0.3) is 0 Å². The van der Waals surface area contributed by atoms with E-state index < -0.39 is 17.4 Å². The second-order valence-electron chi connectivity index (χ2n) is 7.24. The summed E-state index contributed by atoms with van der Waals surface area (Å²) in [5.74, 6) is -1.52. The van der Waals surface area contributed by atoms with Crippen molar-refractivity contribution in [3.05, 3.63) is 25.7 Å². The summed E-state index contributed by atoms with van der Waals surface area (Å²) in [4.78, 5) is 22.8. The highest BCUT2D eigenvalue weighted by molar-refractivity contribution is 5.74. The van der Waals surface area contributed by atoms with Gasteiger partial charge in [-0.2, -0.15) is 0 Å². The first kappa shape index (κ1) is 26.0. The Morgan fingerprint density at radius 3 is 1.50 bits per heavy atom. The largest absolute Gasteiger partial charge is 0.502 e. The molecule has 0 fully saturated rings. The van der Waals surface area contributed by atoms with E-state index in [0.29, 0.717) is 38.9 Å². The molecule has 0 aliphatic rings. The maximum atomic E-state index is 12.2. The van der Waals surface area contributed by atoms with Crippen LogP contribution in [0.3, 0.4) is 0 Å². The van der Waals surface area contributed by atoms with E-state index >= 15 is 0 Å². The smallest absolute Gasteiger partial charge is 0.309 e. The Bertz CT molecular complexity index is 426. The Kier molecular flexibility index (Phi) is 15.9.